The molecule has 1 aromatic rings. The van der Waals surface area contributed by atoms with Crippen LogP contribution in [0.2, 0.25) is 0 Å². The highest BCUT2D eigenvalue weighted by Gasteiger charge is 2.46. The zero-order valence-electron chi connectivity index (χ0n) is 15.2. The van der Waals surface area contributed by atoms with E-state index in [1.165, 1.54) is 31.0 Å². The fraction of sp³-hybridized carbons (Fsp3) is 0.611. The van der Waals surface area contributed by atoms with Crippen molar-refractivity contribution in [1.82, 2.24) is 4.90 Å². The Hall–Kier alpha value is -1.42. The van der Waals surface area contributed by atoms with E-state index in [0.29, 0.717) is 17.4 Å². The van der Waals surface area contributed by atoms with Crippen molar-refractivity contribution in [1.29, 1.82) is 0 Å². The van der Waals surface area contributed by atoms with Gasteiger partial charge in [-0.25, -0.2) is 0 Å². The molecule has 2 fully saturated rings. The molecule has 1 saturated carbocycles. The number of piperidine rings is 1. The van der Waals surface area contributed by atoms with E-state index in [9.17, 15) is 26.4 Å². The van der Waals surface area contributed by atoms with Gasteiger partial charge in [0, 0.05) is 18.3 Å². The first-order valence-electron chi connectivity index (χ1n) is 9.28. The Balaban J connectivity index is 1.71. The first-order valence-corrected chi connectivity index (χ1v) is 11.7. The average molecular weight is 437 g/mol. The van der Waals surface area contributed by atoms with Gasteiger partial charge in [0.1, 0.15) is 0 Å². The highest BCUT2D eigenvalue weighted by atomic mass is 32.2. The van der Waals surface area contributed by atoms with E-state index in [4.69, 9.17) is 0 Å². The first-order chi connectivity index (χ1) is 13.2. The van der Waals surface area contributed by atoms with Crippen LogP contribution in [-0.2, 0) is 21.4 Å². The molecular weight excluding hydrogens is 413 g/mol. The van der Waals surface area contributed by atoms with E-state index in [-0.39, 0.29) is 23.4 Å². The maximum Gasteiger partial charge on any atom is 0.516 e. The van der Waals surface area contributed by atoms with E-state index >= 15 is 0 Å². The second-order valence-corrected chi connectivity index (χ2v) is 10.3. The van der Waals surface area contributed by atoms with Crippen LogP contribution in [0.1, 0.15) is 44.1 Å². The van der Waals surface area contributed by atoms with Gasteiger partial charge in [0.25, 0.3) is 0 Å². The van der Waals surface area contributed by atoms with Crippen molar-refractivity contribution in [2.75, 3.05) is 11.3 Å². The van der Waals surface area contributed by atoms with Crippen molar-refractivity contribution in [3.05, 3.63) is 29.8 Å². The van der Waals surface area contributed by atoms with E-state index in [1.807, 2.05) is 0 Å². The number of para-hydroxylation sites is 1. The smallest absolute Gasteiger partial charge is 0.337 e. The predicted octanol–water partition coefficient (Wildman–Crippen LogP) is 4.11. The summed E-state index contributed by atoms with van der Waals surface area (Å²) in [4.78, 5) is 14.5. The average Bonchev–Trinajstić information content (AvgIpc) is 3.12. The van der Waals surface area contributed by atoms with Crippen LogP contribution < -0.4 is 4.72 Å². The lowest BCUT2D eigenvalue weighted by Crippen LogP contribution is -2.43. The molecule has 1 aliphatic heterocycles. The number of carbonyl (C=O) groups excluding carboxylic acids is 1. The van der Waals surface area contributed by atoms with E-state index in [1.54, 1.807) is 27.5 Å². The van der Waals surface area contributed by atoms with Gasteiger partial charge in [-0.15, -0.1) is 11.8 Å². The molecule has 1 atom stereocenters. The number of nitrogens with zero attached hydrogens (tertiary/aromatic N) is 1. The Labute approximate surface area is 167 Å². The van der Waals surface area contributed by atoms with E-state index < -0.39 is 15.5 Å². The molecule has 0 aromatic heterocycles. The third-order valence-corrected chi connectivity index (χ3v) is 7.79. The van der Waals surface area contributed by atoms with Crippen molar-refractivity contribution in [2.24, 2.45) is 0 Å². The Morgan fingerprint density at radius 3 is 2.46 bits per heavy atom. The number of likely N-dealkylation sites (tertiary alicyclic amines) is 1. The van der Waals surface area contributed by atoms with Crippen LogP contribution >= 0.6 is 11.8 Å². The number of halogens is 3. The molecule has 156 valence electrons. The van der Waals surface area contributed by atoms with Crippen LogP contribution in [0.15, 0.2) is 24.3 Å². The van der Waals surface area contributed by atoms with Gasteiger partial charge in [-0.05, 0) is 37.3 Å². The van der Waals surface area contributed by atoms with Crippen molar-refractivity contribution in [3.8, 4) is 0 Å². The molecule has 1 unspecified atom stereocenters. The van der Waals surface area contributed by atoms with Crippen LogP contribution in [0, 0.1) is 0 Å². The van der Waals surface area contributed by atoms with Crippen molar-refractivity contribution >= 4 is 33.4 Å². The minimum atomic E-state index is -5.51. The second kappa shape index (κ2) is 8.52. The van der Waals surface area contributed by atoms with Crippen molar-refractivity contribution in [3.63, 3.8) is 0 Å². The highest BCUT2D eigenvalue weighted by Crippen LogP contribution is 2.36. The molecule has 0 radical (unpaired) electrons. The number of sulfonamides is 1. The zero-order chi connectivity index (χ0) is 20.4. The number of carbonyl (C=O) groups is 1. The summed E-state index contributed by atoms with van der Waals surface area (Å²) in [5.74, 6) is -0.0170. The van der Waals surface area contributed by atoms with Crippen molar-refractivity contribution < 1.29 is 26.4 Å². The summed E-state index contributed by atoms with van der Waals surface area (Å²) in [5.41, 5.74) is -5.21. The van der Waals surface area contributed by atoms with Gasteiger partial charge >= 0.3 is 15.5 Å². The molecule has 1 aromatic carbocycles. The van der Waals surface area contributed by atoms with E-state index in [0.717, 1.165) is 25.7 Å². The van der Waals surface area contributed by atoms with Gasteiger partial charge in [-0.2, -0.15) is 21.6 Å². The van der Waals surface area contributed by atoms with Crippen LogP contribution in [-0.4, -0.2) is 41.8 Å². The molecular formula is C18H23F3N2O3S2. The lowest BCUT2D eigenvalue weighted by molar-refractivity contribution is -0.133. The molecule has 1 aliphatic carbocycles. The molecule has 10 heteroatoms. The summed E-state index contributed by atoms with van der Waals surface area (Å²) >= 11 is 1.72. The number of hydrogen-bond acceptors (Lipinski definition) is 4. The van der Waals surface area contributed by atoms with Gasteiger partial charge < -0.3 is 4.90 Å². The maximum atomic E-state index is 12.9. The third-order valence-electron chi connectivity index (χ3n) is 5.07. The molecule has 1 amide bonds. The molecule has 1 saturated heterocycles. The molecule has 0 bridgehead atoms. The molecule has 5 nitrogen and oxygen atoms in total. The van der Waals surface area contributed by atoms with Crippen molar-refractivity contribution in [2.45, 2.75) is 61.1 Å². The number of rotatable bonds is 6. The van der Waals surface area contributed by atoms with Gasteiger partial charge in [0.15, 0.2) is 0 Å². The van der Waals surface area contributed by atoms with Gasteiger partial charge in [0.05, 0.1) is 10.9 Å². The largest absolute Gasteiger partial charge is 0.516 e. The van der Waals surface area contributed by atoms with Crippen LogP contribution in [0.25, 0.3) is 0 Å². The molecule has 3 rings (SSSR count). The first kappa shape index (κ1) is 21.3. The van der Waals surface area contributed by atoms with Gasteiger partial charge in [0.2, 0.25) is 5.91 Å². The number of thioether (sulfide) groups is 1. The Morgan fingerprint density at radius 1 is 1.11 bits per heavy atom. The summed E-state index contributed by atoms with van der Waals surface area (Å²) in [6, 6.07) is 5.88. The number of hydrogen-bond donors (Lipinski definition) is 1. The monoisotopic (exact) mass is 436 g/mol. The summed E-state index contributed by atoms with van der Waals surface area (Å²) in [6.45, 7) is 0.595. The fourth-order valence-corrected chi connectivity index (χ4v) is 5.85. The Morgan fingerprint density at radius 2 is 1.79 bits per heavy atom. The number of alkyl halides is 3. The van der Waals surface area contributed by atoms with Crippen LogP contribution in [0.3, 0.4) is 0 Å². The number of benzene rings is 1. The SMILES string of the molecule is O=C1C(SC2CCCC2)CCCN1Cc1ccccc1NS(=O)(=O)C(F)(F)F. The lowest BCUT2D eigenvalue weighted by Gasteiger charge is -2.33. The van der Waals surface area contributed by atoms with Crippen LogP contribution in [0.5, 0.6) is 0 Å². The van der Waals surface area contributed by atoms with E-state index in [2.05, 4.69) is 0 Å². The second-order valence-electron chi connectivity index (χ2n) is 7.14. The minimum absolute atomic E-state index is 0.0170. The number of anilines is 1. The number of amides is 1. The summed E-state index contributed by atoms with van der Waals surface area (Å²) < 4.78 is 62.6. The standard InChI is InChI=1S/C18H23F3N2O3S2/c19-18(20,21)28(25,26)22-15-9-4-1-6-13(15)12-23-11-5-10-16(17(23)24)27-14-7-2-3-8-14/h1,4,6,9,14,16,22H,2-3,5,7-8,10-12H2. The molecule has 2 aliphatic rings. The highest BCUT2D eigenvalue weighted by molar-refractivity contribution is 8.01. The molecule has 28 heavy (non-hydrogen) atoms. The lowest BCUT2D eigenvalue weighted by atomic mass is 10.1. The van der Waals surface area contributed by atoms with Crippen LogP contribution in [0.4, 0.5) is 18.9 Å². The quantitative estimate of drug-likeness (QED) is 0.729. The molecule has 1 heterocycles. The molecule has 1 N–H and O–H groups in total. The zero-order valence-corrected chi connectivity index (χ0v) is 16.9. The predicted molar refractivity (Wildman–Crippen MR) is 103 cm³/mol. The topological polar surface area (TPSA) is 66.5 Å². The number of nitrogens with one attached hydrogen (secondary N) is 1. The normalized spacial score (nSPS) is 21.9. The fourth-order valence-electron chi connectivity index (χ4n) is 3.61. The summed E-state index contributed by atoms with van der Waals surface area (Å²) in [5, 5.41) is 0.371. The maximum absolute atomic E-state index is 12.9. The Bertz CT molecular complexity index is 809. The van der Waals surface area contributed by atoms with Gasteiger partial charge in [-0.3, -0.25) is 9.52 Å². The molecule has 0 spiro atoms. The summed E-state index contributed by atoms with van der Waals surface area (Å²) in [7, 11) is -5.51. The summed E-state index contributed by atoms with van der Waals surface area (Å²) in [6.07, 6.45) is 6.25. The Kier molecular flexibility index (Phi) is 6.48. The minimum Gasteiger partial charge on any atom is -0.337 e. The van der Waals surface area contributed by atoms with Gasteiger partial charge in [-0.1, -0.05) is 31.0 Å². The third kappa shape index (κ3) is 4.94.